The zero-order valence-electron chi connectivity index (χ0n) is 14.5. The van der Waals surface area contributed by atoms with Crippen molar-refractivity contribution in [1.29, 1.82) is 0 Å². The molecule has 0 fully saturated rings. The van der Waals surface area contributed by atoms with E-state index in [9.17, 15) is 4.79 Å². The number of ether oxygens (including phenoxy) is 2. The fourth-order valence-corrected chi connectivity index (χ4v) is 2.69. The van der Waals surface area contributed by atoms with Gasteiger partial charge >= 0.3 is 0 Å². The predicted octanol–water partition coefficient (Wildman–Crippen LogP) is 4.98. The smallest absolute Gasteiger partial charge is 0.163 e. The molecule has 0 spiro atoms. The van der Waals surface area contributed by atoms with Crippen LogP contribution in [-0.4, -0.2) is 29.0 Å². The first-order valence-corrected chi connectivity index (χ1v) is 8.96. The standard InChI is InChI=1S/C18H28O3S/c1-12(2)20-17-8-7-15(11-18(17)21-13(3)4)16(19)9-10-22-14(5)6/h7-8,11-14H,9-10H2,1-6H3. The molecule has 124 valence electrons. The molecule has 0 aliphatic rings. The molecule has 1 rings (SSSR count). The van der Waals surface area contributed by atoms with E-state index in [0.717, 1.165) is 5.75 Å². The molecule has 3 nitrogen and oxygen atoms in total. The number of carbonyl (C=O) groups excluding carboxylic acids is 1. The second-order valence-electron chi connectivity index (χ2n) is 6.09. The Hall–Kier alpha value is -1.16. The Bertz CT molecular complexity index is 481. The van der Waals surface area contributed by atoms with E-state index in [1.165, 1.54) is 0 Å². The Balaban J connectivity index is 2.85. The van der Waals surface area contributed by atoms with E-state index in [1.54, 1.807) is 17.8 Å². The molecular weight excluding hydrogens is 296 g/mol. The van der Waals surface area contributed by atoms with E-state index in [2.05, 4.69) is 13.8 Å². The van der Waals surface area contributed by atoms with Crippen LogP contribution in [0.3, 0.4) is 0 Å². The van der Waals surface area contributed by atoms with E-state index in [4.69, 9.17) is 9.47 Å². The van der Waals surface area contributed by atoms with Crippen molar-refractivity contribution in [3.8, 4) is 11.5 Å². The van der Waals surface area contributed by atoms with E-state index in [0.29, 0.717) is 28.7 Å². The summed E-state index contributed by atoms with van der Waals surface area (Å²) in [6.07, 6.45) is 0.656. The molecule has 0 saturated heterocycles. The third-order valence-corrected chi connectivity index (χ3v) is 3.88. The molecule has 0 aromatic heterocycles. The highest BCUT2D eigenvalue weighted by Gasteiger charge is 2.14. The number of benzene rings is 1. The average molecular weight is 324 g/mol. The van der Waals surface area contributed by atoms with Gasteiger partial charge in [-0.25, -0.2) is 0 Å². The summed E-state index contributed by atoms with van der Waals surface area (Å²) in [6.45, 7) is 12.2. The van der Waals surface area contributed by atoms with Crippen LogP contribution >= 0.6 is 11.8 Å². The molecule has 4 heteroatoms. The van der Waals surface area contributed by atoms with Crippen LogP contribution in [0.2, 0.25) is 0 Å². The largest absolute Gasteiger partial charge is 0.487 e. The van der Waals surface area contributed by atoms with Crippen molar-refractivity contribution in [3.05, 3.63) is 23.8 Å². The van der Waals surface area contributed by atoms with Crippen LogP contribution in [0.15, 0.2) is 18.2 Å². The van der Waals surface area contributed by atoms with Gasteiger partial charge in [-0.05, 0) is 51.1 Å². The predicted molar refractivity (Wildman–Crippen MR) is 94.5 cm³/mol. The summed E-state index contributed by atoms with van der Waals surface area (Å²) in [7, 11) is 0. The van der Waals surface area contributed by atoms with E-state index in [-0.39, 0.29) is 18.0 Å². The number of hydrogen-bond donors (Lipinski definition) is 0. The minimum atomic E-state index is 0.0383. The molecule has 0 amide bonds. The van der Waals surface area contributed by atoms with Gasteiger partial charge in [-0.3, -0.25) is 4.79 Å². The van der Waals surface area contributed by atoms with Crippen LogP contribution in [0, 0.1) is 0 Å². The Morgan fingerprint density at radius 3 is 2.14 bits per heavy atom. The minimum absolute atomic E-state index is 0.0383. The lowest BCUT2D eigenvalue weighted by Crippen LogP contribution is -2.12. The van der Waals surface area contributed by atoms with Gasteiger partial charge in [0, 0.05) is 17.7 Å². The fourth-order valence-electron chi connectivity index (χ4n) is 1.91. The van der Waals surface area contributed by atoms with Crippen molar-refractivity contribution in [2.45, 2.75) is 65.4 Å². The molecule has 0 aliphatic carbocycles. The first-order chi connectivity index (χ1) is 10.3. The van der Waals surface area contributed by atoms with E-state index in [1.807, 2.05) is 39.8 Å². The monoisotopic (exact) mass is 324 g/mol. The maximum absolute atomic E-state index is 12.3. The Morgan fingerprint density at radius 1 is 1.00 bits per heavy atom. The summed E-state index contributed by atoms with van der Waals surface area (Å²) in [5.41, 5.74) is 0.691. The molecule has 0 radical (unpaired) electrons. The van der Waals surface area contributed by atoms with Gasteiger partial charge in [-0.15, -0.1) is 0 Å². The second kappa shape index (κ2) is 9.09. The highest BCUT2D eigenvalue weighted by molar-refractivity contribution is 7.99. The Kier molecular flexibility index (Phi) is 7.80. The second-order valence-corrected chi connectivity index (χ2v) is 7.77. The van der Waals surface area contributed by atoms with Gasteiger partial charge in [0.2, 0.25) is 0 Å². The Labute approximate surface area is 138 Å². The molecule has 0 aliphatic heterocycles. The first-order valence-electron chi connectivity index (χ1n) is 7.91. The summed E-state index contributed by atoms with van der Waals surface area (Å²) in [4.78, 5) is 12.3. The molecular formula is C18H28O3S. The van der Waals surface area contributed by atoms with Gasteiger partial charge in [-0.1, -0.05) is 13.8 Å². The number of carbonyl (C=O) groups is 1. The van der Waals surface area contributed by atoms with Crippen LogP contribution in [-0.2, 0) is 0 Å². The summed E-state index contributed by atoms with van der Waals surface area (Å²) in [5.74, 6) is 2.34. The van der Waals surface area contributed by atoms with Crippen molar-refractivity contribution in [2.75, 3.05) is 5.75 Å². The summed E-state index contributed by atoms with van der Waals surface area (Å²) >= 11 is 1.80. The lowest BCUT2D eigenvalue weighted by Gasteiger charge is -2.17. The summed E-state index contributed by atoms with van der Waals surface area (Å²) in [6, 6.07) is 5.47. The molecule has 0 bridgehead atoms. The van der Waals surface area contributed by atoms with Crippen molar-refractivity contribution < 1.29 is 14.3 Å². The number of Topliss-reactive ketones (excluding diaryl/α,β-unsaturated/α-hetero) is 1. The maximum Gasteiger partial charge on any atom is 0.163 e. The van der Waals surface area contributed by atoms with Gasteiger partial charge in [0.15, 0.2) is 17.3 Å². The number of hydrogen-bond acceptors (Lipinski definition) is 4. The third-order valence-electron chi connectivity index (χ3n) is 2.77. The van der Waals surface area contributed by atoms with Crippen molar-refractivity contribution in [3.63, 3.8) is 0 Å². The third kappa shape index (κ3) is 6.73. The average Bonchev–Trinajstić information content (AvgIpc) is 2.39. The van der Waals surface area contributed by atoms with Crippen LogP contribution in [0.25, 0.3) is 0 Å². The zero-order chi connectivity index (χ0) is 16.7. The maximum atomic E-state index is 12.3. The molecule has 0 saturated carbocycles. The number of rotatable bonds is 9. The van der Waals surface area contributed by atoms with Gasteiger partial charge in [-0.2, -0.15) is 11.8 Å². The van der Waals surface area contributed by atoms with Crippen LogP contribution in [0.4, 0.5) is 0 Å². The molecule has 0 unspecified atom stereocenters. The minimum Gasteiger partial charge on any atom is -0.487 e. The van der Waals surface area contributed by atoms with Crippen LogP contribution < -0.4 is 9.47 Å². The van der Waals surface area contributed by atoms with Gasteiger partial charge < -0.3 is 9.47 Å². The van der Waals surface area contributed by atoms with E-state index < -0.39 is 0 Å². The molecule has 1 aromatic rings. The van der Waals surface area contributed by atoms with E-state index >= 15 is 0 Å². The van der Waals surface area contributed by atoms with Crippen molar-refractivity contribution >= 4 is 17.5 Å². The molecule has 0 atom stereocenters. The van der Waals surface area contributed by atoms with Crippen molar-refractivity contribution in [1.82, 2.24) is 0 Å². The number of ketones is 1. The first kappa shape index (κ1) is 18.9. The summed E-state index contributed by atoms with van der Waals surface area (Å²) < 4.78 is 11.6. The van der Waals surface area contributed by atoms with Crippen LogP contribution in [0.5, 0.6) is 11.5 Å². The Morgan fingerprint density at radius 2 is 1.59 bits per heavy atom. The highest BCUT2D eigenvalue weighted by Crippen LogP contribution is 2.31. The van der Waals surface area contributed by atoms with Crippen LogP contribution in [0.1, 0.15) is 58.3 Å². The quantitative estimate of drug-likeness (QED) is 0.600. The zero-order valence-corrected chi connectivity index (χ0v) is 15.3. The lowest BCUT2D eigenvalue weighted by molar-refractivity contribution is 0.0988. The normalized spacial score (nSPS) is 11.3. The molecule has 1 aromatic carbocycles. The highest BCUT2D eigenvalue weighted by atomic mass is 32.2. The molecule has 0 N–H and O–H groups in total. The summed E-state index contributed by atoms with van der Waals surface area (Å²) in [5, 5.41) is 0.550. The van der Waals surface area contributed by atoms with Crippen molar-refractivity contribution in [2.24, 2.45) is 0 Å². The topological polar surface area (TPSA) is 35.5 Å². The van der Waals surface area contributed by atoms with Gasteiger partial charge in [0.05, 0.1) is 12.2 Å². The SMILES string of the molecule is CC(C)Oc1ccc(C(=O)CCSC(C)C)cc1OC(C)C. The molecule has 22 heavy (non-hydrogen) atoms. The van der Waals surface area contributed by atoms with Gasteiger partial charge in [0.25, 0.3) is 0 Å². The number of thioether (sulfide) groups is 1. The van der Waals surface area contributed by atoms with Gasteiger partial charge in [0.1, 0.15) is 0 Å². The molecule has 0 heterocycles. The fraction of sp³-hybridized carbons (Fsp3) is 0.611. The lowest BCUT2D eigenvalue weighted by atomic mass is 10.1.